The van der Waals surface area contributed by atoms with Crippen LogP contribution in [0.3, 0.4) is 0 Å². The van der Waals surface area contributed by atoms with E-state index in [4.69, 9.17) is 11.6 Å². The minimum absolute atomic E-state index is 0.304. The molecule has 0 N–H and O–H groups in total. The molecule has 0 aliphatic rings. The van der Waals surface area contributed by atoms with Gasteiger partial charge < -0.3 is 0 Å². The van der Waals surface area contributed by atoms with Crippen LogP contribution in [-0.2, 0) is 12.1 Å². The standard InChI is InChI=1S/C8H5ClF5N/c9-1-4-2-15-3-5(8(12,13)14)6(4)7(10)11/h2-3,7H,1H2. The number of aromatic nitrogens is 1. The maximum absolute atomic E-state index is 12.4. The predicted octanol–water partition coefficient (Wildman–Crippen LogP) is 3.78. The normalized spacial score (nSPS) is 12.2. The molecule has 0 atom stereocenters. The Bertz CT molecular complexity index is 349. The van der Waals surface area contributed by atoms with E-state index >= 15 is 0 Å². The number of alkyl halides is 6. The van der Waals surface area contributed by atoms with Gasteiger partial charge in [0.2, 0.25) is 0 Å². The van der Waals surface area contributed by atoms with Gasteiger partial charge in [-0.2, -0.15) is 13.2 Å². The summed E-state index contributed by atoms with van der Waals surface area (Å²) in [4.78, 5) is 3.23. The molecule has 0 amide bonds. The van der Waals surface area contributed by atoms with Crippen molar-refractivity contribution < 1.29 is 22.0 Å². The Hall–Kier alpha value is -0.910. The lowest BCUT2D eigenvalue weighted by Gasteiger charge is -2.14. The summed E-state index contributed by atoms with van der Waals surface area (Å²) >= 11 is 5.26. The molecule has 1 nitrogen and oxygen atoms in total. The quantitative estimate of drug-likeness (QED) is 0.571. The highest BCUT2D eigenvalue weighted by Gasteiger charge is 2.37. The Labute approximate surface area is 86.9 Å². The van der Waals surface area contributed by atoms with Crippen molar-refractivity contribution in [1.29, 1.82) is 0 Å². The second-order valence-corrected chi connectivity index (χ2v) is 2.96. The zero-order valence-electron chi connectivity index (χ0n) is 7.15. The predicted molar refractivity (Wildman–Crippen MR) is 43.8 cm³/mol. The van der Waals surface area contributed by atoms with Gasteiger partial charge in [0.1, 0.15) is 0 Å². The third-order valence-electron chi connectivity index (χ3n) is 1.74. The summed E-state index contributed by atoms with van der Waals surface area (Å²) in [7, 11) is 0. The maximum Gasteiger partial charge on any atom is 0.418 e. The molecule has 0 unspecified atom stereocenters. The van der Waals surface area contributed by atoms with Gasteiger partial charge in [0.15, 0.2) is 0 Å². The van der Waals surface area contributed by atoms with E-state index in [0.717, 1.165) is 6.20 Å². The Kier molecular flexibility index (Phi) is 3.49. The van der Waals surface area contributed by atoms with Crippen LogP contribution in [0.25, 0.3) is 0 Å². The molecule has 0 saturated carbocycles. The maximum atomic E-state index is 12.4. The van der Waals surface area contributed by atoms with Gasteiger partial charge in [-0.25, -0.2) is 8.78 Å². The average molecular weight is 246 g/mol. The Morgan fingerprint density at radius 2 is 1.87 bits per heavy atom. The Morgan fingerprint density at radius 1 is 1.27 bits per heavy atom. The third kappa shape index (κ3) is 2.56. The number of rotatable bonds is 2. The summed E-state index contributed by atoms with van der Waals surface area (Å²) in [6.07, 6.45) is -6.79. The number of pyridine rings is 1. The van der Waals surface area contributed by atoms with E-state index in [1.165, 1.54) is 0 Å². The van der Waals surface area contributed by atoms with Gasteiger partial charge in [-0.1, -0.05) is 0 Å². The molecule has 0 aromatic carbocycles. The van der Waals surface area contributed by atoms with Crippen molar-refractivity contribution in [2.24, 2.45) is 0 Å². The van der Waals surface area contributed by atoms with Crippen LogP contribution in [0.15, 0.2) is 12.4 Å². The zero-order valence-corrected chi connectivity index (χ0v) is 7.91. The fourth-order valence-corrected chi connectivity index (χ4v) is 1.32. The highest BCUT2D eigenvalue weighted by molar-refractivity contribution is 6.17. The summed E-state index contributed by atoms with van der Waals surface area (Å²) < 4.78 is 61.8. The molecule has 0 bridgehead atoms. The summed E-state index contributed by atoms with van der Waals surface area (Å²) in [6.45, 7) is 0. The van der Waals surface area contributed by atoms with E-state index in [1.807, 2.05) is 0 Å². The van der Waals surface area contributed by atoms with Gasteiger partial charge in [0.05, 0.1) is 5.56 Å². The SMILES string of the molecule is FC(F)c1c(CCl)cncc1C(F)(F)F. The average Bonchev–Trinajstić information content (AvgIpc) is 2.15. The Balaban J connectivity index is 3.39. The first kappa shape index (κ1) is 12.2. The summed E-state index contributed by atoms with van der Waals surface area (Å²) in [6, 6.07) is 0. The van der Waals surface area contributed by atoms with E-state index in [-0.39, 0.29) is 5.56 Å². The van der Waals surface area contributed by atoms with Crippen molar-refractivity contribution in [3.05, 3.63) is 29.1 Å². The molecule has 1 aromatic rings. The largest absolute Gasteiger partial charge is 0.418 e. The minimum Gasteiger partial charge on any atom is -0.264 e. The molecule has 0 aliphatic heterocycles. The van der Waals surface area contributed by atoms with Crippen LogP contribution in [-0.4, -0.2) is 4.98 Å². The van der Waals surface area contributed by atoms with Crippen LogP contribution in [0, 0.1) is 0 Å². The molecule has 0 spiro atoms. The highest BCUT2D eigenvalue weighted by Crippen LogP contribution is 2.37. The molecule has 0 aliphatic carbocycles. The summed E-state index contributed by atoms with van der Waals surface area (Å²) in [5, 5.41) is 0. The van der Waals surface area contributed by atoms with Gasteiger partial charge >= 0.3 is 6.18 Å². The van der Waals surface area contributed by atoms with Crippen molar-refractivity contribution >= 4 is 11.6 Å². The lowest BCUT2D eigenvalue weighted by Crippen LogP contribution is -2.12. The van der Waals surface area contributed by atoms with Gasteiger partial charge in [0, 0.05) is 23.8 Å². The number of halogens is 6. The van der Waals surface area contributed by atoms with Crippen LogP contribution in [0.2, 0.25) is 0 Å². The van der Waals surface area contributed by atoms with E-state index in [9.17, 15) is 22.0 Å². The van der Waals surface area contributed by atoms with Gasteiger partial charge in [0.25, 0.3) is 6.43 Å². The van der Waals surface area contributed by atoms with Crippen molar-refractivity contribution in [3.63, 3.8) is 0 Å². The smallest absolute Gasteiger partial charge is 0.264 e. The third-order valence-corrected chi connectivity index (χ3v) is 2.03. The van der Waals surface area contributed by atoms with E-state index < -0.39 is 29.6 Å². The molecule has 0 saturated heterocycles. The van der Waals surface area contributed by atoms with Crippen molar-refractivity contribution in [3.8, 4) is 0 Å². The van der Waals surface area contributed by atoms with Crippen LogP contribution in [0.4, 0.5) is 22.0 Å². The molecule has 15 heavy (non-hydrogen) atoms. The number of nitrogens with zero attached hydrogens (tertiary/aromatic N) is 1. The van der Waals surface area contributed by atoms with Gasteiger partial charge in [-0.15, -0.1) is 11.6 Å². The fraction of sp³-hybridized carbons (Fsp3) is 0.375. The minimum atomic E-state index is -4.85. The molecule has 0 fully saturated rings. The first-order valence-corrected chi connectivity index (χ1v) is 4.29. The number of hydrogen-bond donors (Lipinski definition) is 0. The monoisotopic (exact) mass is 245 g/mol. The van der Waals surface area contributed by atoms with Gasteiger partial charge in [-0.3, -0.25) is 4.98 Å². The molecular weight excluding hydrogens is 241 g/mol. The van der Waals surface area contributed by atoms with Crippen LogP contribution in [0.5, 0.6) is 0 Å². The molecular formula is C8H5ClF5N. The van der Waals surface area contributed by atoms with Crippen molar-refractivity contribution in [2.75, 3.05) is 0 Å². The molecule has 1 rings (SSSR count). The van der Waals surface area contributed by atoms with Gasteiger partial charge in [-0.05, 0) is 5.56 Å². The molecule has 7 heteroatoms. The lowest BCUT2D eigenvalue weighted by atomic mass is 10.1. The summed E-state index contributed by atoms with van der Waals surface area (Å²) in [5.74, 6) is -0.434. The van der Waals surface area contributed by atoms with E-state index in [1.54, 1.807) is 0 Å². The molecule has 1 aromatic heterocycles. The molecule has 1 heterocycles. The lowest BCUT2D eigenvalue weighted by molar-refractivity contribution is -0.139. The molecule has 0 radical (unpaired) electrons. The fourth-order valence-electron chi connectivity index (χ4n) is 1.10. The highest BCUT2D eigenvalue weighted by atomic mass is 35.5. The zero-order chi connectivity index (χ0) is 11.6. The van der Waals surface area contributed by atoms with E-state index in [2.05, 4.69) is 4.98 Å². The number of hydrogen-bond acceptors (Lipinski definition) is 1. The topological polar surface area (TPSA) is 12.9 Å². The first-order valence-electron chi connectivity index (χ1n) is 3.76. The second kappa shape index (κ2) is 4.30. The van der Waals surface area contributed by atoms with Crippen LogP contribution >= 0.6 is 11.6 Å². The second-order valence-electron chi connectivity index (χ2n) is 2.69. The van der Waals surface area contributed by atoms with Crippen molar-refractivity contribution in [2.45, 2.75) is 18.5 Å². The first-order chi connectivity index (χ1) is 6.88. The summed E-state index contributed by atoms with van der Waals surface area (Å²) in [5.41, 5.74) is -2.83. The van der Waals surface area contributed by atoms with Crippen molar-refractivity contribution in [1.82, 2.24) is 4.98 Å². The van der Waals surface area contributed by atoms with E-state index in [0.29, 0.717) is 6.20 Å². The van der Waals surface area contributed by atoms with Crippen LogP contribution in [0.1, 0.15) is 23.1 Å². The Morgan fingerprint density at radius 3 is 2.27 bits per heavy atom. The van der Waals surface area contributed by atoms with Crippen LogP contribution < -0.4 is 0 Å². The molecule has 84 valence electrons.